The Morgan fingerprint density at radius 3 is 2.48 bits per heavy atom. The van der Waals surface area contributed by atoms with E-state index in [0.29, 0.717) is 6.54 Å². The number of benzene rings is 2. The monoisotopic (exact) mass is 366 g/mol. The van der Waals surface area contributed by atoms with Crippen LogP contribution in [0.4, 0.5) is 0 Å². The molecular weight excluding hydrogens is 340 g/mol. The summed E-state index contributed by atoms with van der Waals surface area (Å²) in [4.78, 5) is 1.92. The number of hydrogen-bond acceptors (Lipinski definition) is 5. The van der Waals surface area contributed by atoms with Gasteiger partial charge in [-0.3, -0.25) is 0 Å². The van der Waals surface area contributed by atoms with E-state index in [1.54, 1.807) is 7.11 Å². The highest BCUT2D eigenvalue weighted by Crippen LogP contribution is 2.21. The zero-order chi connectivity index (χ0) is 18.9. The van der Waals surface area contributed by atoms with Crippen LogP contribution in [0.15, 0.2) is 73.3 Å². The van der Waals surface area contributed by atoms with Gasteiger partial charge in [0.2, 0.25) is 0 Å². The Kier molecular flexibility index (Phi) is 6.77. The van der Waals surface area contributed by atoms with Crippen LogP contribution in [0.3, 0.4) is 0 Å². The number of rotatable bonds is 9. The summed E-state index contributed by atoms with van der Waals surface area (Å²) in [5.74, 6) is 1.70. The Hall–Kier alpha value is -2.92. The minimum absolute atomic E-state index is 0.255. The molecule has 0 saturated carbocycles. The van der Waals surface area contributed by atoms with Crippen LogP contribution in [-0.4, -0.2) is 36.4 Å². The van der Waals surface area contributed by atoms with Crippen LogP contribution in [-0.2, 0) is 12.8 Å². The Bertz CT molecular complexity index is 759. The summed E-state index contributed by atoms with van der Waals surface area (Å²) >= 11 is 0. The summed E-state index contributed by atoms with van der Waals surface area (Å²) in [5.41, 5.74) is 2.39. The van der Waals surface area contributed by atoms with E-state index in [4.69, 9.17) is 9.47 Å². The fourth-order valence-corrected chi connectivity index (χ4v) is 2.91. The standard InChI is InChI=1S/C22H26N2O3/c1-26-21-10-7-18(8-11-21)6-9-19-4-2-3-5-22(19)27-17-20(25)16-24-14-12-23-13-15-24/h2-5,7-8,10-15,20,23,25H,6,9,16-17H2,1H3/t20-/m0/s1. The molecule has 0 aliphatic carbocycles. The summed E-state index contributed by atoms with van der Waals surface area (Å²) in [5, 5.41) is 13.2. The van der Waals surface area contributed by atoms with E-state index in [1.165, 1.54) is 5.56 Å². The molecule has 0 bridgehead atoms. The van der Waals surface area contributed by atoms with Crippen molar-refractivity contribution in [3.8, 4) is 11.5 Å². The lowest BCUT2D eigenvalue weighted by molar-refractivity contribution is 0.0904. The number of ether oxygens (including phenoxy) is 2. The minimum Gasteiger partial charge on any atom is -0.497 e. The number of aliphatic hydroxyl groups is 1. The van der Waals surface area contributed by atoms with Gasteiger partial charge in [0.1, 0.15) is 24.2 Å². The van der Waals surface area contributed by atoms with Crippen molar-refractivity contribution in [3.05, 3.63) is 84.5 Å². The number of nitrogens with one attached hydrogen (secondary N) is 1. The normalized spacial score (nSPS) is 13.9. The van der Waals surface area contributed by atoms with E-state index in [9.17, 15) is 5.11 Å². The van der Waals surface area contributed by atoms with Crippen LogP contribution in [0, 0.1) is 0 Å². The number of hydrogen-bond donors (Lipinski definition) is 2. The van der Waals surface area contributed by atoms with Crippen molar-refractivity contribution < 1.29 is 14.6 Å². The van der Waals surface area contributed by atoms with Crippen LogP contribution in [0.1, 0.15) is 11.1 Å². The molecule has 2 aromatic carbocycles. The Labute approximate surface area is 160 Å². The molecule has 5 heteroatoms. The van der Waals surface area contributed by atoms with Gasteiger partial charge in [0.15, 0.2) is 0 Å². The van der Waals surface area contributed by atoms with Gasteiger partial charge in [0, 0.05) is 24.8 Å². The first kappa shape index (κ1) is 18.9. The topological polar surface area (TPSA) is 54.0 Å². The molecule has 0 radical (unpaired) electrons. The molecule has 0 saturated heterocycles. The highest BCUT2D eigenvalue weighted by Gasteiger charge is 2.11. The van der Waals surface area contributed by atoms with Crippen LogP contribution < -0.4 is 14.8 Å². The van der Waals surface area contributed by atoms with Gasteiger partial charge in [-0.05, 0) is 42.2 Å². The van der Waals surface area contributed by atoms with E-state index in [1.807, 2.05) is 60.0 Å². The third-order valence-corrected chi connectivity index (χ3v) is 4.39. The average molecular weight is 366 g/mol. The smallest absolute Gasteiger partial charge is 0.122 e. The molecule has 1 heterocycles. The van der Waals surface area contributed by atoms with Gasteiger partial charge in [0.25, 0.3) is 0 Å². The molecule has 0 amide bonds. The van der Waals surface area contributed by atoms with Crippen molar-refractivity contribution in [2.24, 2.45) is 0 Å². The maximum atomic E-state index is 10.2. The molecule has 5 nitrogen and oxygen atoms in total. The number of nitrogens with zero attached hydrogens (tertiary/aromatic N) is 1. The fraction of sp³-hybridized carbons (Fsp3) is 0.273. The molecule has 0 spiro atoms. The summed E-state index contributed by atoms with van der Waals surface area (Å²) in [6.45, 7) is 0.744. The van der Waals surface area contributed by atoms with Gasteiger partial charge < -0.3 is 24.8 Å². The Morgan fingerprint density at radius 1 is 1.00 bits per heavy atom. The largest absolute Gasteiger partial charge is 0.497 e. The van der Waals surface area contributed by atoms with Gasteiger partial charge >= 0.3 is 0 Å². The van der Waals surface area contributed by atoms with Gasteiger partial charge in [-0.25, -0.2) is 0 Å². The second kappa shape index (κ2) is 9.69. The predicted octanol–water partition coefficient (Wildman–Crippen LogP) is 3.07. The molecule has 0 unspecified atom stereocenters. The van der Waals surface area contributed by atoms with Crippen molar-refractivity contribution in [3.63, 3.8) is 0 Å². The van der Waals surface area contributed by atoms with Crippen LogP contribution in [0.25, 0.3) is 0 Å². The van der Waals surface area contributed by atoms with Crippen molar-refractivity contribution >= 4 is 0 Å². The third kappa shape index (κ3) is 5.79. The molecule has 1 aliphatic heterocycles. The molecule has 1 atom stereocenters. The molecule has 27 heavy (non-hydrogen) atoms. The first-order chi connectivity index (χ1) is 13.2. The summed E-state index contributed by atoms with van der Waals surface area (Å²) in [7, 11) is 1.67. The first-order valence-corrected chi connectivity index (χ1v) is 9.11. The van der Waals surface area contributed by atoms with Crippen LogP contribution in [0.2, 0.25) is 0 Å². The second-order valence-electron chi connectivity index (χ2n) is 6.42. The van der Waals surface area contributed by atoms with Crippen molar-refractivity contribution in [1.82, 2.24) is 10.2 Å². The van der Waals surface area contributed by atoms with E-state index in [-0.39, 0.29) is 6.61 Å². The molecule has 0 aromatic heterocycles. The summed E-state index contributed by atoms with van der Waals surface area (Å²) in [6, 6.07) is 16.1. The lowest BCUT2D eigenvalue weighted by Crippen LogP contribution is -2.31. The number of aliphatic hydroxyl groups excluding tert-OH is 1. The molecule has 2 aromatic rings. The summed E-state index contributed by atoms with van der Waals surface area (Å²) in [6.07, 6.45) is 8.62. The van der Waals surface area contributed by atoms with Gasteiger partial charge in [-0.2, -0.15) is 0 Å². The second-order valence-corrected chi connectivity index (χ2v) is 6.42. The third-order valence-electron chi connectivity index (χ3n) is 4.39. The highest BCUT2D eigenvalue weighted by atomic mass is 16.5. The molecule has 2 N–H and O–H groups in total. The SMILES string of the molecule is COc1ccc(CCc2ccccc2OC[C@@H](O)CN2C=CNC=C2)cc1. The van der Waals surface area contributed by atoms with Gasteiger partial charge in [0.05, 0.1) is 13.7 Å². The highest BCUT2D eigenvalue weighted by molar-refractivity contribution is 5.35. The molecule has 1 aliphatic rings. The van der Waals surface area contributed by atoms with Gasteiger partial charge in [-0.1, -0.05) is 30.3 Å². The number of β-amino-alcohol motifs (C(OH)–C–C–N with tert-alkyl or cyclic N) is 1. The van der Waals surface area contributed by atoms with E-state index in [0.717, 1.165) is 29.9 Å². The predicted molar refractivity (Wildman–Crippen MR) is 106 cm³/mol. The van der Waals surface area contributed by atoms with Crippen molar-refractivity contribution in [2.75, 3.05) is 20.3 Å². The average Bonchev–Trinajstić information content (AvgIpc) is 2.72. The summed E-state index contributed by atoms with van der Waals surface area (Å²) < 4.78 is 11.1. The zero-order valence-electron chi connectivity index (χ0n) is 15.5. The van der Waals surface area contributed by atoms with Crippen LogP contribution in [0.5, 0.6) is 11.5 Å². The Morgan fingerprint density at radius 2 is 1.74 bits per heavy atom. The zero-order valence-corrected chi connectivity index (χ0v) is 15.5. The minimum atomic E-state index is -0.577. The lowest BCUT2D eigenvalue weighted by atomic mass is 10.0. The fourth-order valence-electron chi connectivity index (χ4n) is 2.91. The quantitative estimate of drug-likeness (QED) is 0.714. The van der Waals surface area contributed by atoms with E-state index in [2.05, 4.69) is 23.5 Å². The maximum absolute atomic E-state index is 10.2. The van der Waals surface area contributed by atoms with Crippen LogP contribution >= 0.6 is 0 Å². The molecule has 3 rings (SSSR count). The van der Waals surface area contributed by atoms with Crippen molar-refractivity contribution in [1.29, 1.82) is 0 Å². The molecule has 0 fully saturated rings. The molecular formula is C22H26N2O3. The number of methoxy groups -OCH3 is 1. The van der Waals surface area contributed by atoms with Gasteiger partial charge in [-0.15, -0.1) is 0 Å². The molecule has 142 valence electrons. The van der Waals surface area contributed by atoms with E-state index >= 15 is 0 Å². The number of para-hydroxylation sites is 1. The lowest BCUT2D eigenvalue weighted by Gasteiger charge is -2.22. The Balaban J connectivity index is 1.52. The maximum Gasteiger partial charge on any atom is 0.122 e. The van der Waals surface area contributed by atoms with Crippen molar-refractivity contribution in [2.45, 2.75) is 18.9 Å². The number of aryl methyl sites for hydroxylation is 2. The van der Waals surface area contributed by atoms with E-state index < -0.39 is 6.10 Å². The first-order valence-electron chi connectivity index (χ1n) is 9.11.